The number of urea groups is 1. The molecule has 3 nitrogen and oxygen atoms in total. The van der Waals surface area contributed by atoms with Gasteiger partial charge in [-0.3, -0.25) is 0 Å². The van der Waals surface area contributed by atoms with E-state index in [4.69, 9.17) is 0 Å². The van der Waals surface area contributed by atoms with Crippen molar-refractivity contribution in [3.8, 4) is 0 Å². The Morgan fingerprint density at radius 2 is 2.05 bits per heavy atom. The standard InChI is InChI=1S/C15H21FN2O/c1-11(15(2,3)4)9-17-14(19)18-10-12-6-5-7-13(16)8-12/h5-9H,10H2,1-4H3,(H2,17,18,19)/b11-9+. The fraction of sp³-hybridized carbons (Fsp3) is 0.400. The van der Waals surface area contributed by atoms with Crippen molar-refractivity contribution in [2.45, 2.75) is 34.2 Å². The maximum Gasteiger partial charge on any atom is 0.319 e. The smallest absolute Gasteiger partial charge is 0.319 e. The molecule has 1 aromatic rings. The Bertz CT molecular complexity index is 475. The van der Waals surface area contributed by atoms with Gasteiger partial charge in [0.05, 0.1) is 0 Å². The van der Waals surface area contributed by atoms with Gasteiger partial charge in [-0.2, -0.15) is 0 Å². The normalized spacial score (nSPS) is 12.2. The summed E-state index contributed by atoms with van der Waals surface area (Å²) in [7, 11) is 0. The summed E-state index contributed by atoms with van der Waals surface area (Å²) in [6.45, 7) is 8.49. The fourth-order valence-electron chi connectivity index (χ4n) is 1.27. The van der Waals surface area contributed by atoms with Crippen molar-refractivity contribution in [2.24, 2.45) is 5.41 Å². The van der Waals surface area contributed by atoms with Crippen LogP contribution in [0.2, 0.25) is 0 Å². The summed E-state index contributed by atoms with van der Waals surface area (Å²) in [5.41, 5.74) is 1.83. The van der Waals surface area contributed by atoms with Gasteiger partial charge in [-0.15, -0.1) is 0 Å². The van der Waals surface area contributed by atoms with Gasteiger partial charge in [-0.1, -0.05) is 38.5 Å². The molecule has 0 aromatic heterocycles. The highest BCUT2D eigenvalue weighted by Crippen LogP contribution is 2.23. The molecule has 0 fully saturated rings. The lowest BCUT2D eigenvalue weighted by Gasteiger charge is -2.19. The van der Waals surface area contributed by atoms with E-state index in [1.807, 2.05) is 6.92 Å². The van der Waals surface area contributed by atoms with Crippen LogP contribution in [0.5, 0.6) is 0 Å². The van der Waals surface area contributed by atoms with Gasteiger partial charge < -0.3 is 10.6 Å². The van der Waals surface area contributed by atoms with Crippen LogP contribution >= 0.6 is 0 Å². The van der Waals surface area contributed by atoms with Crippen LogP contribution in [-0.2, 0) is 6.54 Å². The molecule has 0 heterocycles. The minimum Gasteiger partial charge on any atom is -0.334 e. The third-order valence-corrected chi connectivity index (χ3v) is 2.94. The zero-order valence-electron chi connectivity index (χ0n) is 11.9. The summed E-state index contributed by atoms with van der Waals surface area (Å²) >= 11 is 0. The van der Waals surface area contributed by atoms with E-state index in [0.29, 0.717) is 6.54 Å². The summed E-state index contributed by atoms with van der Waals surface area (Å²) < 4.78 is 12.9. The second kappa shape index (κ2) is 6.36. The highest BCUT2D eigenvalue weighted by molar-refractivity contribution is 5.74. The first kappa shape index (κ1) is 15.2. The fourth-order valence-corrected chi connectivity index (χ4v) is 1.27. The number of hydrogen-bond donors (Lipinski definition) is 2. The minimum atomic E-state index is -0.303. The monoisotopic (exact) mass is 264 g/mol. The summed E-state index contributed by atoms with van der Waals surface area (Å²) in [5.74, 6) is -0.303. The molecule has 0 radical (unpaired) electrons. The number of nitrogens with one attached hydrogen (secondary N) is 2. The van der Waals surface area contributed by atoms with Gasteiger partial charge in [-0.25, -0.2) is 9.18 Å². The van der Waals surface area contributed by atoms with Crippen molar-refractivity contribution in [1.82, 2.24) is 10.6 Å². The van der Waals surface area contributed by atoms with E-state index in [9.17, 15) is 9.18 Å². The second-order valence-corrected chi connectivity index (χ2v) is 5.53. The minimum absolute atomic E-state index is 0.0236. The van der Waals surface area contributed by atoms with E-state index in [2.05, 4.69) is 31.4 Å². The van der Waals surface area contributed by atoms with Gasteiger partial charge >= 0.3 is 6.03 Å². The number of carbonyl (C=O) groups excluding carboxylic acids is 1. The number of halogens is 1. The van der Waals surface area contributed by atoms with E-state index in [0.717, 1.165) is 11.1 Å². The van der Waals surface area contributed by atoms with Crippen LogP contribution in [0.25, 0.3) is 0 Å². The molecule has 0 bridgehead atoms. The number of benzene rings is 1. The summed E-state index contributed by atoms with van der Waals surface area (Å²) in [4.78, 5) is 11.6. The second-order valence-electron chi connectivity index (χ2n) is 5.53. The predicted octanol–water partition coefficient (Wildman–Crippen LogP) is 3.57. The van der Waals surface area contributed by atoms with Gasteiger partial charge in [0.1, 0.15) is 5.82 Å². The first-order valence-electron chi connectivity index (χ1n) is 6.25. The van der Waals surface area contributed by atoms with Crippen molar-refractivity contribution in [3.05, 3.63) is 47.4 Å². The highest BCUT2D eigenvalue weighted by Gasteiger charge is 2.12. The van der Waals surface area contributed by atoms with Crippen molar-refractivity contribution in [2.75, 3.05) is 0 Å². The quantitative estimate of drug-likeness (QED) is 0.861. The zero-order valence-corrected chi connectivity index (χ0v) is 11.9. The van der Waals surface area contributed by atoms with E-state index >= 15 is 0 Å². The van der Waals surface area contributed by atoms with Gasteiger partial charge in [0.25, 0.3) is 0 Å². The first-order valence-corrected chi connectivity index (χ1v) is 6.25. The Balaban J connectivity index is 2.45. The van der Waals surface area contributed by atoms with Crippen LogP contribution in [0.15, 0.2) is 36.0 Å². The molecule has 2 N–H and O–H groups in total. The number of allylic oxidation sites excluding steroid dienone is 1. The van der Waals surface area contributed by atoms with Crippen LogP contribution < -0.4 is 10.6 Å². The lowest BCUT2D eigenvalue weighted by Crippen LogP contribution is -2.32. The Labute approximate surface area is 113 Å². The van der Waals surface area contributed by atoms with Crippen LogP contribution in [0.1, 0.15) is 33.3 Å². The summed E-state index contributed by atoms with van der Waals surface area (Å²) in [6.07, 6.45) is 1.70. The van der Waals surface area contributed by atoms with E-state index in [-0.39, 0.29) is 17.3 Å². The maximum atomic E-state index is 12.9. The van der Waals surface area contributed by atoms with Crippen LogP contribution in [0.3, 0.4) is 0 Å². The maximum absolute atomic E-state index is 12.9. The van der Waals surface area contributed by atoms with Crippen molar-refractivity contribution < 1.29 is 9.18 Å². The van der Waals surface area contributed by atoms with Crippen LogP contribution in [-0.4, -0.2) is 6.03 Å². The molecule has 4 heteroatoms. The van der Waals surface area contributed by atoms with E-state index < -0.39 is 0 Å². The Hall–Kier alpha value is -1.84. The van der Waals surface area contributed by atoms with Gasteiger partial charge in [0.2, 0.25) is 0 Å². The highest BCUT2D eigenvalue weighted by atomic mass is 19.1. The SMILES string of the molecule is C/C(=C\NC(=O)NCc1cccc(F)c1)C(C)(C)C. The molecule has 1 rings (SSSR count). The van der Waals surface area contributed by atoms with Crippen molar-refractivity contribution >= 4 is 6.03 Å². The number of rotatable bonds is 3. The van der Waals surface area contributed by atoms with Crippen molar-refractivity contribution in [1.29, 1.82) is 0 Å². The molecule has 19 heavy (non-hydrogen) atoms. The number of carbonyl (C=O) groups is 1. The summed E-state index contributed by atoms with van der Waals surface area (Å²) in [6, 6.07) is 5.86. The topological polar surface area (TPSA) is 41.1 Å². The third kappa shape index (κ3) is 5.55. The summed E-state index contributed by atoms with van der Waals surface area (Å²) in [5, 5.41) is 5.34. The lowest BCUT2D eigenvalue weighted by molar-refractivity contribution is 0.243. The zero-order chi connectivity index (χ0) is 14.5. The Kier molecular flexibility index (Phi) is 5.10. The predicted molar refractivity (Wildman–Crippen MR) is 75.0 cm³/mol. The molecule has 0 saturated heterocycles. The third-order valence-electron chi connectivity index (χ3n) is 2.94. The molecular weight excluding hydrogens is 243 g/mol. The van der Waals surface area contributed by atoms with Crippen LogP contribution in [0, 0.1) is 11.2 Å². The van der Waals surface area contributed by atoms with E-state index in [1.165, 1.54) is 12.1 Å². The van der Waals surface area contributed by atoms with Gasteiger partial charge in [0.15, 0.2) is 0 Å². The average molecular weight is 264 g/mol. The molecule has 0 unspecified atom stereocenters. The molecule has 0 atom stereocenters. The lowest BCUT2D eigenvalue weighted by atomic mass is 9.88. The first-order chi connectivity index (χ1) is 8.79. The Morgan fingerprint density at radius 3 is 2.63 bits per heavy atom. The van der Waals surface area contributed by atoms with Gasteiger partial charge in [-0.05, 0) is 30.0 Å². The number of amides is 2. The molecule has 104 valence electrons. The van der Waals surface area contributed by atoms with Crippen molar-refractivity contribution in [3.63, 3.8) is 0 Å². The van der Waals surface area contributed by atoms with E-state index in [1.54, 1.807) is 18.3 Å². The molecule has 0 aliphatic carbocycles. The molecule has 0 saturated carbocycles. The molecule has 0 aliphatic heterocycles. The molecular formula is C15H21FN2O. The largest absolute Gasteiger partial charge is 0.334 e. The number of hydrogen-bond acceptors (Lipinski definition) is 1. The Morgan fingerprint density at radius 1 is 1.37 bits per heavy atom. The van der Waals surface area contributed by atoms with Gasteiger partial charge in [0, 0.05) is 12.7 Å². The van der Waals surface area contributed by atoms with Crippen LogP contribution in [0.4, 0.5) is 9.18 Å². The molecule has 1 aromatic carbocycles. The average Bonchev–Trinajstić information content (AvgIpc) is 2.32. The molecule has 2 amide bonds. The molecule has 0 spiro atoms. The molecule has 0 aliphatic rings.